The minimum Gasteiger partial charge on any atom is -0.460 e. The van der Waals surface area contributed by atoms with Crippen molar-refractivity contribution in [1.29, 1.82) is 0 Å². The van der Waals surface area contributed by atoms with Crippen LogP contribution in [0.1, 0.15) is 34.6 Å². The van der Waals surface area contributed by atoms with Crippen molar-refractivity contribution < 1.29 is 19.4 Å². The number of aliphatic hydroxyl groups is 1. The Hall–Kier alpha value is -0.870. The number of rotatable bonds is 2. The first-order valence-electron chi connectivity index (χ1n) is 5.75. The van der Waals surface area contributed by atoms with Gasteiger partial charge in [-0.15, -0.1) is 6.58 Å². The van der Waals surface area contributed by atoms with Crippen LogP contribution < -0.4 is 0 Å². The van der Waals surface area contributed by atoms with Crippen molar-refractivity contribution in [3.63, 3.8) is 0 Å². The van der Waals surface area contributed by atoms with E-state index < -0.39 is 28.7 Å². The zero-order valence-electron chi connectivity index (χ0n) is 11.2. The Labute approximate surface area is 103 Å². The maximum Gasteiger partial charge on any atom is 0.315 e. The van der Waals surface area contributed by atoms with Crippen LogP contribution in [-0.4, -0.2) is 29.1 Å². The molecule has 0 amide bonds. The summed E-state index contributed by atoms with van der Waals surface area (Å²) in [5, 5.41) is 10.1. The van der Waals surface area contributed by atoms with Crippen LogP contribution in [-0.2, 0) is 14.3 Å². The second kappa shape index (κ2) is 4.10. The van der Waals surface area contributed by atoms with Gasteiger partial charge in [-0.2, -0.15) is 0 Å². The summed E-state index contributed by atoms with van der Waals surface area (Å²) in [4.78, 5) is 12.1. The SMILES string of the molecule is C=C[C@]1(C)COC(C)(O)C1C(=O)OC(C)(C)C. The van der Waals surface area contributed by atoms with Crippen LogP contribution in [0.5, 0.6) is 0 Å². The molecule has 0 saturated carbocycles. The van der Waals surface area contributed by atoms with Gasteiger partial charge in [0.15, 0.2) is 5.79 Å². The van der Waals surface area contributed by atoms with E-state index in [4.69, 9.17) is 9.47 Å². The lowest BCUT2D eigenvalue weighted by Gasteiger charge is -2.32. The van der Waals surface area contributed by atoms with Gasteiger partial charge in [0, 0.05) is 5.41 Å². The molecule has 0 aliphatic carbocycles. The van der Waals surface area contributed by atoms with Crippen molar-refractivity contribution in [3.05, 3.63) is 12.7 Å². The third kappa shape index (κ3) is 2.87. The van der Waals surface area contributed by atoms with Crippen LogP contribution >= 0.6 is 0 Å². The molecule has 3 atom stereocenters. The summed E-state index contributed by atoms with van der Waals surface area (Å²) in [7, 11) is 0. The van der Waals surface area contributed by atoms with Crippen molar-refractivity contribution in [1.82, 2.24) is 0 Å². The van der Waals surface area contributed by atoms with Crippen molar-refractivity contribution in [3.8, 4) is 0 Å². The number of carbonyl (C=O) groups is 1. The molecule has 1 N–H and O–H groups in total. The normalized spacial score (nSPS) is 37.9. The van der Waals surface area contributed by atoms with E-state index >= 15 is 0 Å². The Bertz CT molecular complexity index is 327. The summed E-state index contributed by atoms with van der Waals surface area (Å²) in [5.74, 6) is -2.72. The Morgan fingerprint density at radius 1 is 1.53 bits per heavy atom. The highest BCUT2D eigenvalue weighted by Crippen LogP contribution is 2.45. The van der Waals surface area contributed by atoms with E-state index in [0.717, 1.165) is 0 Å². The van der Waals surface area contributed by atoms with E-state index in [-0.39, 0.29) is 6.61 Å². The molecular formula is C13H22O4. The molecule has 0 aromatic rings. The smallest absolute Gasteiger partial charge is 0.315 e. The third-order valence-corrected chi connectivity index (χ3v) is 2.98. The summed E-state index contributed by atoms with van der Waals surface area (Å²) >= 11 is 0. The van der Waals surface area contributed by atoms with Crippen molar-refractivity contribution in [2.45, 2.75) is 46.0 Å². The molecule has 1 fully saturated rings. The van der Waals surface area contributed by atoms with Crippen LogP contribution in [0.2, 0.25) is 0 Å². The van der Waals surface area contributed by atoms with E-state index in [1.807, 2.05) is 6.92 Å². The summed E-state index contributed by atoms with van der Waals surface area (Å²) in [6, 6.07) is 0. The molecule has 1 aliphatic rings. The van der Waals surface area contributed by atoms with Gasteiger partial charge < -0.3 is 14.6 Å². The lowest BCUT2D eigenvalue weighted by Crippen LogP contribution is -2.45. The highest BCUT2D eigenvalue weighted by atomic mass is 16.6. The Morgan fingerprint density at radius 2 is 2.06 bits per heavy atom. The number of hydrogen-bond acceptors (Lipinski definition) is 4. The predicted molar refractivity (Wildman–Crippen MR) is 64.2 cm³/mol. The van der Waals surface area contributed by atoms with Gasteiger partial charge in [-0.3, -0.25) is 4.79 Å². The summed E-state index contributed by atoms with van der Waals surface area (Å²) in [6.07, 6.45) is 1.64. The molecule has 17 heavy (non-hydrogen) atoms. The van der Waals surface area contributed by atoms with Gasteiger partial charge in [0.2, 0.25) is 0 Å². The first-order chi connectivity index (χ1) is 7.52. The highest BCUT2D eigenvalue weighted by molar-refractivity contribution is 5.76. The largest absolute Gasteiger partial charge is 0.460 e. The van der Waals surface area contributed by atoms with Gasteiger partial charge in [-0.05, 0) is 27.7 Å². The standard InChI is InChI=1S/C13H22O4/c1-7-12(5)8-16-13(6,15)9(12)10(14)17-11(2,3)4/h7,9,15H,1,8H2,2-6H3/t9?,12-,13?/m1/s1. The van der Waals surface area contributed by atoms with E-state index in [9.17, 15) is 9.90 Å². The lowest BCUT2D eigenvalue weighted by atomic mass is 9.76. The van der Waals surface area contributed by atoms with Crippen molar-refractivity contribution in [2.24, 2.45) is 11.3 Å². The monoisotopic (exact) mass is 242 g/mol. The lowest BCUT2D eigenvalue weighted by molar-refractivity contribution is -0.202. The number of hydrogen-bond donors (Lipinski definition) is 1. The molecule has 4 nitrogen and oxygen atoms in total. The fourth-order valence-corrected chi connectivity index (χ4v) is 2.11. The van der Waals surface area contributed by atoms with E-state index in [1.54, 1.807) is 26.8 Å². The van der Waals surface area contributed by atoms with E-state index in [2.05, 4.69) is 6.58 Å². The molecule has 0 spiro atoms. The third-order valence-electron chi connectivity index (χ3n) is 2.98. The second-order valence-corrected chi connectivity index (χ2v) is 6.02. The van der Waals surface area contributed by atoms with Gasteiger partial charge in [0.05, 0.1) is 6.61 Å². The Kier molecular flexibility index (Phi) is 3.43. The minimum absolute atomic E-state index is 0.257. The highest BCUT2D eigenvalue weighted by Gasteiger charge is 2.56. The molecule has 1 aliphatic heterocycles. The molecule has 0 aromatic heterocycles. The zero-order valence-corrected chi connectivity index (χ0v) is 11.2. The van der Waals surface area contributed by atoms with Gasteiger partial charge in [-0.1, -0.05) is 13.0 Å². The molecule has 1 saturated heterocycles. The van der Waals surface area contributed by atoms with Crippen molar-refractivity contribution in [2.75, 3.05) is 6.61 Å². The van der Waals surface area contributed by atoms with Crippen LogP contribution in [0.4, 0.5) is 0 Å². The Balaban J connectivity index is 2.99. The van der Waals surface area contributed by atoms with Crippen LogP contribution in [0.3, 0.4) is 0 Å². The topological polar surface area (TPSA) is 55.8 Å². The minimum atomic E-state index is -1.51. The molecule has 0 bridgehead atoms. The molecule has 1 heterocycles. The van der Waals surface area contributed by atoms with Gasteiger partial charge >= 0.3 is 5.97 Å². The molecule has 0 radical (unpaired) electrons. The molecule has 2 unspecified atom stereocenters. The first kappa shape index (κ1) is 14.2. The van der Waals surface area contributed by atoms with Crippen LogP contribution in [0.15, 0.2) is 12.7 Å². The molecule has 1 rings (SSSR count). The fourth-order valence-electron chi connectivity index (χ4n) is 2.11. The first-order valence-corrected chi connectivity index (χ1v) is 5.75. The Morgan fingerprint density at radius 3 is 2.47 bits per heavy atom. The predicted octanol–water partition coefficient (Wildman–Crippen LogP) is 1.88. The van der Waals surface area contributed by atoms with Crippen LogP contribution in [0, 0.1) is 11.3 Å². The number of esters is 1. The molecule has 98 valence electrons. The number of carbonyl (C=O) groups excluding carboxylic acids is 1. The van der Waals surface area contributed by atoms with Crippen molar-refractivity contribution >= 4 is 5.97 Å². The zero-order chi connectivity index (χ0) is 13.5. The quantitative estimate of drug-likeness (QED) is 0.593. The molecular weight excluding hydrogens is 220 g/mol. The van der Waals surface area contributed by atoms with E-state index in [1.165, 1.54) is 6.92 Å². The summed E-state index contributed by atoms with van der Waals surface area (Å²) in [5.41, 5.74) is -1.19. The van der Waals surface area contributed by atoms with Gasteiger partial charge in [0.25, 0.3) is 0 Å². The van der Waals surface area contributed by atoms with Gasteiger partial charge in [-0.25, -0.2) is 0 Å². The van der Waals surface area contributed by atoms with E-state index in [0.29, 0.717) is 0 Å². The summed E-state index contributed by atoms with van der Waals surface area (Å²) < 4.78 is 10.6. The average molecular weight is 242 g/mol. The number of ether oxygens (including phenoxy) is 2. The molecule has 4 heteroatoms. The molecule has 0 aromatic carbocycles. The van der Waals surface area contributed by atoms with Gasteiger partial charge in [0.1, 0.15) is 11.5 Å². The maximum atomic E-state index is 12.1. The fraction of sp³-hybridized carbons (Fsp3) is 0.769. The average Bonchev–Trinajstić information content (AvgIpc) is 2.35. The maximum absolute atomic E-state index is 12.1. The van der Waals surface area contributed by atoms with Crippen LogP contribution in [0.25, 0.3) is 0 Å². The second-order valence-electron chi connectivity index (χ2n) is 6.02. The summed E-state index contributed by atoms with van der Waals surface area (Å²) in [6.45, 7) is 12.7.